The molecule has 3 heterocycles. The van der Waals surface area contributed by atoms with Crippen LogP contribution in [0.3, 0.4) is 0 Å². The maximum Gasteiger partial charge on any atom is 0.416 e. The van der Waals surface area contributed by atoms with E-state index in [4.69, 9.17) is 0 Å². The summed E-state index contributed by atoms with van der Waals surface area (Å²) in [5.41, 5.74) is -0.861. The first-order chi connectivity index (χ1) is 17.4. The van der Waals surface area contributed by atoms with Gasteiger partial charge in [0.1, 0.15) is 28.1 Å². The number of pyridine rings is 2. The maximum absolute atomic E-state index is 14.4. The minimum absolute atomic E-state index is 0.0245. The van der Waals surface area contributed by atoms with Crippen molar-refractivity contribution in [3.05, 3.63) is 87.4 Å². The second-order valence-electron chi connectivity index (χ2n) is 8.65. The number of halogens is 4. The van der Waals surface area contributed by atoms with Crippen LogP contribution in [-0.2, 0) is 18.2 Å². The molecular weight excluding hydrogens is 512 g/mol. The number of carboxylic acids is 1. The summed E-state index contributed by atoms with van der Waals surface area (Å²) < 4.78 is 53.5. The molecule has 0 saturated heterocycles. The monoisotopic (exact) mass is 530 g/mol. The van der Waals surface area contributed by atoms with Gasteiger partial charge < -0.3 is 15.5 Å². The van der Waals surface area contributed by atoms with Crippen molar-refractivity contribution in [3.63, 3.8) is 0 Å². The molecule has 37 heavy (non-hydrogen) atoms. The van der Waals surface area contributed by atoms with Gasteiger partial charge in [0.15, 0.2) is 0 Å². The third-order valence-electron chi connectivity index (χ3n) is 6.05. The van der Waals surface area contributed by atoms with E-state index in [1.807, 2.05) is 0 Å². The van der Waals surface area contributed by atoms with Crippen molar-refractivity contribution in [1.82, 2.24) is 15.0 Å². The average Bonchev–Trinajstić information content (AvgIpc) is 3.44. The van der Waals surface area contributed by atoms with Crippen LogP contribution in [0.1, 0.15) is 44.0 Å². The van der Waals surface area contributed by atoms with Gasteiger partial charge in [0, 0.05) is 12.4 Å². The fraction of sp³-hybridized carbons (Fsp3) is 0.200. The van der Waals surface area contributed by atoms with Crippen LogP contribution in [0.4, 0.5) is 29.2 Å². The standard InChI is InChI=1S/C25H18F4N4O3S/c1-12-6-18(32-21(7-12)33-20-9-14(3-5-30-20)25(27,28)29)19-11-31-23(37-19)24(36)4-2-13-8-15(22(34)35)17(26)10-16(13)24/h3,5-11,36H,2,4H2,1H3,(H,34,35)(H,30,32,33)/t24-/m0/s1. The summed E-state index contributed by atoms with van der Waals surface area (Å²) in [6, 6.07) is 7.45. The Kier molecular flexibility index (Phi) is 5.95. The number of rotatable bonds is 5. The van der Waals surface area contributed by atoms with Gasteiger partial charge in [0.2, 0.25) is 0 Å². The highest BCUT2D eigenvalue weighted by molar-refractivity contribution is 7.15. The number of nitrogens with zero attached hydrogens (tertiary/aromatic N) is 3. The molecule has 7 nitrogen and oxygen atoms in total. The van der Waals surface area contributed by atoms with Gasteiger partial charge in [-0.05, 0) is 72.9 Å². The maximum atomic E-state index is 14.4. The van der Waals surface area contributed by atoms with Crippen molar-refractivity contribution >= 4 is 28.9 Å². The highest BCUT2D eigenvalue weighted by atomic mass is 32.1. The lowest BCUT2D eigenvalue weighted by atomic mass is 9.95. The Morgan fingerprint density at radius 2 is 1.92 bits per heavy atom. The minimum Gasteiger partial charge on any atom is -0.478 e. The normalized spacial score (nSPS) is 17.0. The molecule has 0 aliphatic heterocycles. The Morgan fingerprint density at radius 1 is 1.14 bits per heavy atom. The van der Waals surface area contributed by atoms with E-state index in [0.717, 1.165) is 41.3 Å². The summed E-state index contributed by atoms with van der Waals surface area (Å²) in [5.74, 6) is -2.08. The predicted molar refractivity (Wildman–Crippen MR) is 127 cm³/mol. The second-order valence-corrected chi connectivity index (χ2v) is 9.68. The number of fused-ring (bicyclic) bond motifs is 1. The van der Waals surface area contributed by atoms with Gasteiger partial charge in [-0.3, -0.25) is 0 Å². The van der Waals surface area contributed by atoms with E-state index in [9.17, 15) is 32.6 Å². The topological polar surface area (TPSA) is 108 Å². The summed E-state index contributed by atoms with van der Waals surface area (Å²) in [4.78, 5) is 24.6. The number of nitrogens with one attached hydrogen (secondary N) is 1. The summed E-state index contributed by atoms with van der Waals surface area (Å²) in [6.45, 7) is 1.79. The highest BCUT2D eigenvalue weighted by Crippen LogP contribution is 2.45. The first-order valence-electron chi connectivity index (χ1n) is 11.0. The summed E-state index contributed by atoms with van der Waals surface area (Å²) in [6.07, 6.45) is -1.40. The van der Waals surface area contributed by atoms with Gasteiger partial charge in [0.05, 0.1) is 21.7 Å². The van der Waals surface area contributed by atoms with Gasteiger partial charge >= 0.3 is 12.1 Å². The third-order valence-corrected chi connectivity index (χ3v) is 7.22. The molecule has 12 heteroatoms. The molecule has 190 valence electrons. The third kappa shape index (κ3) is 4.65. The lowest BCUT2D eigenvalue weighted by Crippen LogP contribution is -2.24. The Labute approximate surface area is 211 Å². The molecule has 0 fully saturated rings. The molecule has 1 atom stereocenters. The molecule has 0 unspecified atom stereocenters. The summed E-state index contributed by atoms with van der Waals surface area (Å²) >= 11 is 1.14. The van der Waals surface area contributed by atoms with Crippen LogP contribution in [0.15, 0.2) is 48.8 Å². The van der Waals surface area contributed by atoms with Crippen LogP contribution < -0.4 is 5.32 Å². The Hall–Kier alpha value is -3.90. The number of aliphatic hydroxyl groups is 1. The molecule has 1 aliphatic rings. The predicted octanol–water partition coefficient (Wildman–Crippen LogP) is 5.69. The molecule has 3 N–H and O–H groups in total. The number of hydrogen-bond acceptors (Lipinski definition) is 7. The fourth-order valence-corrected chi connectivity index (χ4v) is 5.30. The zero-order chi connectivity index (χ0) is 26.5. The number of anilines is 2. The van der Waals surface area contributed by atoms with Gasteiger partial charge in [-0.2, -0.15) is 13.2 Å². The van der Waals surface area contributed by atoms with Crippen molar-refractivity contribution in [2.75, 3.05) is 5.32 Å². The largest absolute Gasteiger partial charge is 0.478 e. The van der Waals surface area contributed by atoms with Crippen LogP contribution >= 0.6 is 11.3 Å². The van der Waals surface area contributed by atoms with E-state index in [1.54, 1.807) is 19.1 Å². The van der Waals surface area contributed by atoms with Gasteiger partial charge in [-0.1, -0.05) is 0 Å². The van der Waals surface area contributed by atoms with E-state index in [2.05, 4.69) is 20.3 Å². The van der Waals surface area contributed by atoms with E-state index in [1.165, 1.54) is 12.3 Å². The second kappa shape index (κ2) is 8.89. The highest BCUT2D eigenvalue weighted by Gasteiger charge is 2.42. The first kappa shape index (κ1) is 24.8. The van der Waals surface area contributed by atoms with Crippen molar-refractivity contribution in [2.45, 2.75) is 31.5 Å². The van der Waals surface area contributed by atoms with E-state index in [-0.39, 0.29) is 23.6 Å². The number of carboxylic acid groups (broad SMARTS) is 1. The van der Waals surface area contributed by atoms with Crippen molar-refractivity contribution in [2.24, 2.45) is 0 Å². The van der Waals surface area contributed by atoms with Crippen molar-refractivity contribution in [3.8, 4) is 10.6 Å². The minimum atomic E-state index is -4.51. The zero-order valence-electron chi connectivity index (χ0n) is 19.1. The quantitative estimate of drug-likeness (QED) is 0.285. The first-order valence-corrected chi connectivity index (χ1v) is 11.8. The molecule has 1 aliphatic carbocycles. The van der Waals surface area contributed by atoms with Gasteiger partial charge in [-0.25, -0.2) is 24.1 Å². The Balaban J connectivity index is 1.46. The van der Waals surface area contributed by atoms with E-state index >= 15 is 0 Å². The fourth-order valence-electron chi connectivity index (χ4n) is 4.29. The number of alkyl halides is 3. The summed E-state index contributed by atoms with van der Waals surface area (Å²) in [7, 11) is 0. The SMILES string of the molecule is Cc1cc(Nc2cc(C(F)(F)F)ccn2)nc(-c2cnc([C@]3(O)CCc4cc(C(=O)O)c(F)cc43)s2)c1. The molecule has 5 rings (SSSR count). The molecular formula is C25H18F4N4O3S. The molecule has 0 bridgehead atoms. The molecule has 0 amide bonds. The summed E-state index contributed by atoms with van der Waals surface area (Å²) in [5, 5.41) is 23.7. The zero-order valence-corrected chi connectivity index (χ0v) is 19.9. The number of aryl methyl sites for hydroxylation is 2. The van der Waals surface area contributed by atoms with Crippen LogP contribution in [0.25, 0.3) is 10.6 Å². The van der Waals surface area contributed by atoms with E-state index in [0.29, 0.717) is 27.6 Å². The number of aromatic nitrogens is 3. The van der Waals surface area contributed by atoms with Crippen molar-refractivity contribution in [1.29, 1.82) is 0 Å². The molecule has 0 saturated carbocycles. The number of benzene rings is 1. The lowest BCUT2D eigenvalue weighted by molar-refractivity contribution is -0.137. The smallest absolute Gasteiger partial charge is 0.416 e. The Morgan fingerprint density at radius 3 is 2.65 bits per heavy atom. The molecule has 3 aromatic heterocycles. The van der Waals surface area contributed by atoms with Gasteiger partial charge in [0.25, 0.3) is 0 Å². The molecule has 4 aromatic rings. The molecule has 1 aromatic carbocycles. The van der Waals surface area contributed by atoms with Gasteiger partial charge in [-0.15, -0.1) is 11.3 Å². The Bertz CT molecular complexity index is 1540. The van der Waals surface area contributed by atoms with Crippen LogP contribution in [-0.4, -0.2) is 31.1 Å². The van der Waals surface area contributed by atoms with Crippen LogP contribution in [0, 0.1) is 12.7 Å². The number of aromatic carboxylic acids is 1. The van der Waals surface area contributed by atoms with Crippen LogP contribution in [0.5, 0.6) is 0 Å². The number of hydrogen-bond donors (Lipinski definition) is 3. The molecule has 0 spiro atoms. The molecule has 0 radical (unpaired) electrons. The van der Waals surface area contributed by atoms with Crippen molar-refractivity contribution < 1.29 is 32.6 Å². The number of carbonyl (C=O) groups is 1. The van der Waals surface area contributed by atoms with Crippen LogP contribution in [0.2, 0.25) is 0 Å². The lowest BCUT2D eigenvalue weighted by Gasteiger charge is -2.21. The van der Waals surface area contributed by atoms with E-state index < -0.39 is 34.7 Å². The number of thiazole rings is 1. The average molecular weight is 531 g/mol.